The average molecular weight is 260 g/mol. The van der Waals surface area contributed by atoms with Crippen LogP contribution >= 0.6 is 0 Å². The summed E-state index contributed by atoms with van der Waals surface area (Å²) in [7, 11) is 0. The molecular weight excluding hydrogens is 248 g/mol. The van der Waals surface area contributed by atoms with E-state index in [0.717, 1.165) is 0 Å². The van der Waals surface area contributed by atoms with Gasteiger partial charge in [-0.15, -0.1) is 10.2 Å². The van der Waals surface area contributed by atoms with Gasteiger partial charge in [0.25, 0.3) is 0 Å². The van der Waals surface area contributed by atoms with E-state index in [0.29, 0.717) is 35.4 Å². The van der Waals surface area contributed by atoms with Crippen LogP contribution in [-0.4, -0.2) is 27.2 Å². The SMILES string of the molecule is Cc1nnc(-c2cncc(OC3=NOC(C)C3)c2)o1. The number of rotatable bonds is 2. The summed E-state index contributed by atoms with van der Waals surface area (Å²) >= 11 is 0. The molecular formula is C12H12N4O3. The molecule has 0 spiro atoms. The molecule has 3 heterocycles. The van der Waals surface area contributed by atoms with Crippen molar-refractivity contribution in [3.8, 4) is 17.2 Å². The van der Waals surface area contributed by atoms with E-state index in [2.05, 4.69) is 20.3 Å². The highest BCUT2D eigenvalue weighted by Crippen LogP contribution is 2.22. The van der Waals surface area contributed by atoms with Crippen molar-refractivity contribution in [2.24, 2.45) is 5.16 Å². The van der Waals surface area contributed by atoms with Crippen molar-refractivity contribution in [1.29, 1.82) is 0 Å². The van der Waals surface area contributed by atoms with Gasteiger partial charge in [0.1, 0.15) is 11.9 Å². The highest BCUT2D eigenvalue weighted by atomic mass is 16.7. The molecule has 2 aromatic rings. The lowest BCUT2D eigenvalue weighted by Crippen LogP contribution is -2.08. The molecule has 0 fully saturated rings. The van der Waals surface area contributed by atoms with E-state index in [-0.39, 0.29) is 6.10 Å². The van der Waals surface area contributed by atoms with E-state index in [9.17, 15) is 0 Å². The summed E-state index contributed by atoms with van der Waals surface area (Å²) in [4.78, 5) is 9.14. The summed E-state index contributed by atoms with van der Waals surface area (Å²) in [6.07, 6.45) is 3.92. The summed E-state index contributed by atoms with van der Waals surface area (Å²) in [6.45, 7) is 3.66. The third kappa shape index (κ3) is 2.54. The normalized spacial score (nSPS) is 18.0. The van der Waals surface area contributed by atoms with Crippen molar-refractivity contribution in [2.45, 2.75) is 26.4 Å². The Labute approximate surface area is 109 Å². The molecule has 0 saturated carbocycles. The number of aryl methyl sites for hydroxylation is 1. The van der Waals surface area contributed by atoms with Crippen LogP contribution in [0, 0.1) is 6.92 Å². The van der Waals surface area contributed by atoms with Crippen LogP contribution in [-0.2, 0) is 4.84 Å². The molecule has 3 rings (SSSR count). The van der Waals surface area contributed by atoms with Gasteiger partial charge in [0.05, 0.1) is 18.2 Å². The summed E-state index contributed by atoms with van der Waals surface area (Å²) in [5.41, 5.74) is 0.700. The van der Waals surface area contributed by atoms with Gasteiger partial charge in [-0.05, 0) is 13.0 Å². The molecule has 1 aliphatic rings. The molecule has 2 aromatic heterocycles. The predicted molar refractivity (Wildman–Crippen MR) is 65.5 cm³/mol. The largest absolute Gasteiger partial charge is 0.438 e. The lowest BCUT2D eigenvalue weighted by atomic mass is 10.2. The van der Waals surface area contributed by atoms with E-state index in [1.54, 1.807) is 25.4 Å². The average Bonchev–Trinajstić information content (AvgIpc) is 2.99. The molecule has 0 radical (unpaired) electrons. The molecule has 98 valence electrons. The summed E-state index contributed by atoms with van der Waals surface area (Å²) in [6, 6.07) is 1.77. The Balaban J connectivity index is 1.80. The van der Waals surface area contributed by atoms with E-state index < -0.39 is 0 Å². The maximum Gasteiger partial charge on any atom is 0.249 e. The Bertz CT molecular complexity index is 623. The second kappa shape index (κ2) is 4.68. The van der Waals surface area contributed by atoms with E-state index in [4.69, 9.17) is 14.0 Å². The van der Waals surface area contributed by atoms with Gasteiger partial charge >= 0.3 is 0 Å². The number of hydrogen-bond acceptors (Lipinski definition) is 7. The first-order valence-electron chi connectivity index (χ1n) is 5.87. The first-order chi connectivity index (χ1) is 9.20. The topological polar surface area (TPSA) is 82.6 Å². The Morgan fingerprint density at radius 2 is 2.21 bits per heavy atom. The molecule has 7 heteroatoms. The summed E-state index contributed by atoms with van der Waals surface area (Å²) in [5, 5.41) is 11.5. The minimum Gasteiger partial charge on any atom is -0.438 e. The number of pyridine rings is 1. The maximum atomic E-state index is 5.59. The molecule has 0 N–H and O–H groups in total. The third-order valence-electron chi connectivity index (χ3n) is 2.52. The minimum atomic E-state index is 0.0460. The number of aromatic nitrogens is 3. The van der Waals surface area contributed by atoms with Crippen LogP contribution in [0.1, 0.15) is 19.2 Å². The highest BCUT2D eigenvalue weighted by molar-refractivity contribution is 5.79. The van der Waals surface area contributed by atoms with Crippen LogP contribution in [0.4, 0.5) is 0 Å². The summed E-state index contributed by atoms with van der Waals surface area (Å²) < 4.78 is 10.9. The van der Waals surface area contributed by atoms with E-state index >= 15 is 0 Å². The fourth-order valence-electron chi connectivity index (χ4n) is 1.67. The van der Waals surface area contributed by atoms with Crippen LogP contribution in [0.3, 0.4) is 0 Å². The molecule has 0 amide bonds. The van der Waals surface area contributed by atoms with Crippen molar-refractivity contribution in [2.75, 3.05) is 0 Å². The second-order valence-corrected chi connectivity index (χ2v) is 4.24. The maximum absolute atomic E-state index is 5.59. The van der Waals surface area contributed by atoms with Crippen LogP contribution in [0.15, 0.2) is 28.0 Å². The van der Waals surface area contributed by atoms with Gasteiger partial charge in [-0.2, -0.15) is 0 Å². The smallest absolute Gasteiger partial charge is 0.249 e. The van der Waals surface area contributed by atoms with Gasteiger partial charge in [0.15, 0.2) is 0 Å². The molecule has 7 nitrogen and oxygen atoms in total. The molecule has 1 atom stereocenters. The second-order valence-electron chi connectivity index (χ2n) is 4.24. The molecule has 0 aliphatic carbocycles. The van der Waals surface area contributed by atoms with Gasteiger partial charge in [-0.25, -0.2) is 0 Å². The molecule has 0 bridgehead atoms. The molecule has 0 saturated heterocycles. The fraction of sp³-hybridized carbons (Fsp3) is 0.333. The lowest BCUT2D eigenvalue weighted by molar-refractivity contribution is 0.0992. The molecule has 19 heavy (non-hydrogen) atoms. The number of nitrogens with zero attached hydrogens (tertiary/aromatic N) is 4. The standard InChI is InChI=1S/C12H12N4O3/c1-7-3-11(16-19-7)18-10-4-9(5-13-6-10)12-15-14-8(2)17-12/h4-7H,3H2,1-2H3. The van der Waals surface area contributed by atoms with Crippen molar-refractivity contribution in [3.63, 3.8) is 0 Å². The number of hydrogen-bond donors (Lipinski definition) is 0. The van der Waals surface area contributed by atoms with Crippen molar-refractivity contribution in [3.05, 3.63) is 24.4 Å². The molecule has 0 aromatic carbocycles. The lowest BCUT2D eigenvalue weighted by Gasteiger charge is -2.03. The summed E-state index contributed by atoms with van der Waals surface area (Å²) in [5.74, 6) is 2.01. The quantitative estimate of drug-likeness (QED) is 0.820. The fourth-order valence-corrected chi connectivity index (χ4v) is 1.67. The van der Waals surface area contributed by atoms with E-state index in [1.807, 2.05) is 6.92 Å². The van der Waals surface area contributed by atoms with Gasteiger partial charge in [-0.1, -0.05) is 5.16 Å². The van der Waals surface area contributed by atoms with Crippen LogP contribution in [0.25, 0.3) is 11.5 Å². The molecule has 1 unspecified atom stereocenters. The van der Waals surface area contributed by atoms with Crippen LogP contribution in [0.5, 0.6) is 5.75 Å². The third-order valence-corrected chi connectivity index (χ3v) is 2.52. The first kappa shape index (κ1) is 11.6. The zero-order valence-corrected chi connectivity index (χ0v) is 10.5. The Kier molecular flexibility index (Phi) is 2.86. The molecule has 1 aliphatic heterocycles. The van der Waals surface area contributed by atoms with Crippen LogP contribution in [0.2, 0.25) is 0 Å². The minimum absolute atomic E-state index is 0.0460. The van der Waals surface area contributed by atoms with Crippen LogP contribution < -0.4 is 4.74 Å². The first-order valence-corrected chi connectivity index (χ1v) is 5.87. The Hall–Kier alpha value is -2.44. The number of ether oxygens (including phenoxy) is 1. The highest BCUT2D eigenvalue weighted by Gasteiger charge is 2.18. The van der Waals surface area contributed by atoms with Crippen molar-refractivity contribution < 1.29 is 14.0 Å². The van der Waals surface area contributed by atoms with Gasteiger partial charge in [-0.3, -0.25) is 4.98 Å². The zero-order valence-electron chi connectivity index (χ0n) is 10.5. The van der Waals surface area contributed by atoms with Gasteiger partial charge in [0, 0.05) is 13.1 Å². The van der Waals surface area contributed by atoms with Gasteiger partial charge in [0.2, 0.25) is 17.7 Å². The van der Waals surface area contributed by atoms with E-state index in [1.165, 1.54) is 0 Å². The Morgan fingerprint density at radius 3 is 2.89 bits per heavy atom. The zero-order chi connectivity index (χ0) is 13.2. The van der Waals surface area contributed by atoms with Crippen molar-refractivity contribution >= 4 is 5.90 Å². The predicted octanol–water partition coefficient (Wildman–Crippen LogP) is 1.94. The monoisotopic (exact) mass is 260 g/mol. The van der Waals surface area contributed by atoms with Gasteiger partial charge < -0.3 is 14.0 Å². The Morgan fingerprint density at radius 1 is 1.32 bits per heavy atom. The number of oxime groups is 1. The van der Waals surface area contributed by atoms with Crippen molar-refractivity contribution in [1.82, 2.24) is 15.2 Å².